The van der Waals surface area contributed by atoms with Crippen LogP contribution in [0.25, 0.3) is 0 Å². The Bertz CT molecular complexity index is 382. The van der Waals surface area contributed by atoms with Crippen LogP contribution < -0.4 is 5.32 Å². The molecule has 2 aliphatic rings. The number of aliphatic hydroxyl groups excluding tert-OH is 1. The highest BCUT2D eigenvalue weighted by molar-refractivity contribution is 5.78. The predicted molar refractivity (Wildman–Crippen MR) is 78.8 cm³/mol. The van der Waals surface area contributed by atoms with Crippen LogP contribution in [0.2, 0.25) is 0 Å². The zero-order valence-corrected chi connectivity index (χ0v) is 12.7. The van der Waals surface area contributed by atoms with Gasteiger partial charge in [0.25, 0.3) is 0 Å². The second-order valence-corrected chi connectivity index (χ2v) is 7.10. The highest BCUT2D eigenvalue weighted by atomic mass is 16.4. The summed E-state index contributed by atoms with van der Waals surface area (Å²) >= 11 is 0. The molecule has 2 fully saturated rings. The number of aliphatic carboxylic acids is 1. The zero-order valence-electron chi connectivity index (χ0n) is 12.7. The number of carbonyl (C=O) groups excluding carboxylic acids is 1. The summed E-state index contributed by atoms with van der Waals surface area (Å²) in [5.74, 6) is -0.870. The van der Waals surface area contributed by atoms with Crippen molar-refractivity contribution in [1.82, 2.24) is 5.32 Å². The van der Waals surface area contributed by atoms with E-state index in [4.69, 9.17) is 5.11 Å². The summed E-state index contributed by atoms with van der Waals surface area (Å²) in [6.07, 6.45) is 8.23. The topological polar surface area (TPSA) is 86.6 Å². The lowest BCUT2D eigenvalue weighted by Crippen LogP contribution is -2.40. The molecule has 0 aromatic carbocycles. The highest BCUT2D eigenvalue weighted by Crippen LogP contribution is 2.44. The van der Waals surface area contributed by atoms with E-state index in [9.17, 15) is 14.7 Å². The van der Waals surface area contributed by atoms with E-state index in [1.165, 1.54) is 0 Å². The molecule has 2 aliphatic carbocycles. The van der Waals surface area contributed by atoms with Gasteiger partial charge in [-0.1, -0.05) is 25.7 Å². The van der Waals surface area contributed by atoms with Gasteiger partial charge in [0.1, 0.15) is 0 Å². The van der Waals surface area contributed by atoms with Crippen LogP contribution in [0, 0.1) is 10.8 Å². The quantitative estimate of drug-likeness (QED) is 0.671. The lowest BCUT2D eigenvalue weighted by molar-refractivity contribution is -0.140. The van der Waals surface area contributed by atoms with Crippen molar-refractivity contribution in [2.75, 3.05) is 13.2 Å². The number of nitrogens with one attached hydrogen (secondary N) is 1. The third kappa shape index (κ3) is 4.19. The van der Waals surface area contributed by atoms with Crippen LogP contribution in [0.3, 0.4) is 0 Å². The van der Waals surface area contributed by atoms with Crippen LogP contribution in [-0.4, -0.2) is 35.2 Å². The van der Waals surface area contributed by atoms with Crippen molar-refractivity contribution in [2.45, 2.75) is 64.2 Å². The smallest absolute Gasteiger partial charge is 0.303 e. The van der Waals surface area contributed by atoms with Crippen molar-refractivity contribution in [1.29, 1.82) is 0 Å². The van der Waals surface area contributed by atoms with Crippen LogP contribution in [0.5, 0.6) is 0 Å². The summed E-state index contributed by atoms with van der Waals surface area (Å²) in [6, 6.07) is 0. The number of hydrogen-bond acceptors (Lipinski definition) is 3. The molecule has 0 aliphatic heterocycles. The molecule has 0 aromatic heterocycles. The van der Waals surface area contributed by atoms with Crippen LogP contribution in [0.4, 0.5) is 0 Å². The second kappa shape index (κ2) is 6.77. The van der Waals surface area contributed by atoms with E-state index in [0.717, 1.165) is 51.4 Å². The first-order chi connectivity index (χ1) is 9.99. The number of amides is 1. The second-order valence-electron chi connectivity index (χ2n) is 7.10. The monoisotopic (exact) mass is 297 g/mol. The molecule has 0 aromatic rings. The molecule has 0 radical (unpaired) electrons. The average Bonchev–Trinajstić information content (AvgIpc) is 3.06. The fraction of sp³-hybridized carbons (Fsp3) is 0.875. The molecule has 3 N–H and O–H groups in total. The maximum absolute atomic E-state index is 12.2. The first-order valence-electron chi connectivity index (χ1n) is 8.09. The van der Waals surface area contributed by atoms with Crippen LogP contribution in [-0.2, 0) is 9.59 Å². The van der Waals surface area contributed by atoms with Gasteiger partial charge in [0, 0.05) is 18.4 Å². The van der Waals surface area contributed by atoms with Gasteiger partial charge in [-0.05, 0) is 31.1 Å². The Morgan fingerprint density at radius 1 is 0.905 bits per heavy atom. The molecule has 0 atom stereocenters. The van der Waals surface area contributed by atoms with E-state index in [1.54, 1.807) is 0 Å². The maximum atomic E-state index is 12.2. The normalized spacial score (nSPS) is 23.1. The van der Waals surface area contributed by atoms with Crippen molar-refractivity contribution in [3.05, 3.63) is 0 Å². The van der Waals surface area contributed by atoms with Crippen molar-refractivity contribution in [3.63, 3.8) is 0 Å². The van der Waals surface area contributed by atoms with E-state index in [0.29, 0.717) is 13.0 Å². The summed E-state index contributed by atoms with van der Waals surface area (Å²) in [4.78, 5) is 23.3. The van der Waals surface area contributed by atoms with E-state index in [-0.39, 0.29) is 29.8 Å². The molecule has 0 bridgehead atoms. The van der Waals surface area contributed by atoms with Crippen molar-refractivity contribution < 1.29 is 19.8 Å². The number of carbonyl (C=O) groups is 2. The number of rotatable bonds is 7. The van der Waals surface area contributed by atoms with Gasteiger partial charge in [0.2, 0.25) is 5.91 Å². The molecule has 2 rings (SSSR count). The van der Waals surface area contributed by atoms with Gasteiger partial charge in [-0.2, -0.15) is 0 Å². The van der Waals surface area contributed by atoms with Gasteiger partial charge in [-0.3, -0.25) is 9.59 Å². The summed E-state index contributed by atoms with van der Waals surface area (Å²) in [6.45, 7) is 0.638. The number of hydrogen-bond donors (Lipinski definition) is 3. The SMILES string of the molecule is O=C(O)CC1(CC(=O)NCC2(CO)CCCC2)CCCC1. The van der Waals surface area contributed by atoms with Gasteiger partial charge in [0.05, 0.1) is 13.0 Å². The highest BCUT2D eigenvalue weighted by Gasteiger charge is 2.39. The summed E-state index contributed by atoms with van der Waals surface area (Å²) in [7, 11) is 0. The molecule has 5 nitrogen and oxygen atoms in total. The Kier molecular flexibility index (Phi) is 5.25. The van der Waals surface area contributed by atoms with Gasteiger partial charge >= 0.3 is 5.97 Å². The standard InChI is InChI=1S/C16H27NO4/c18-12-16(7-3-4-8-16)11-17-13(19)9-15(10-14(20)21)5-1-2-6-15/h18H,1-12H2,(H,17,19)(H,20,21). The molecule has 2 saturated carbocycles. The molecule has 1 amide bonds. The maximum Gasteiger partial charge on any atom is 0.303 e. The minimum atomic E-state index is -0.813. The molecule has 120 valence electrons. The Labute approximate surface area is 126 Å². The minimum Gasteiger partial charge on any atom is -0.481 e. The van der Waals surface area contributed by atoms with Gasteiger partial charge < -0.3 is 15.5 Å². The largest absolute Gasteiger partial charge is 0.481 e. The van der Waals surface area contributed by atoms with E-state index in [1.807, 2.05) is 0 Å². The third-order valence-electron chi connectivity index (χ3n) is 5.39. The number of carboxylic acid groups (broad SMARTS) is 1. The lowest BCUT2D eigenvalue weighted by atomic mass is 9.79. The summed E-state index contributed by atoms with van der Waals surface area (Å²) in [5.41, 5.74) is -0.497. The minimum absolute atomic E-state index is 0.0575. The van der Waals surface area contributed by atoms with Crippen molar-refractivity contribution >= 4 is 11.9 Å². The molecule has 0 unspecified atom stereocenters. The van der Waals surface area contributed by atoms with Crippen molar-refractivity contribution in [3.8, 4) is 0 Å². The predicted octanol–water partition coefficient (Wildman–Crippen LogP) is 2.08. The van der Waals surface area contributed by atoms with Crippen molar-refractivity contribution in [2.24, 2.45) is 10.8 Å². The average molecular weight is 297 g/mol. The number of carboxylic acids is 1. The molecule has 0 spiro atoms. The lowest BCUT2D eigenvalue weighted by Gasteiger charge is -2.29. The Morgan fingerprint density at radius 2 is 1.43 bits per heavy atom. The van der Waals surface area contributed by atoms with Gasteiger partial charge in [-0.25, -0.2) is 0 Å². The fourth-order valence-corrected chi connectivity index (χ4v) is 4.07. The molecule has 0 heterocycles. The number of aliphatic hydroxyl groups is 1. The van der Waals surface area contributed by atoms with E-state index < -0.39 is 5.97 Å². The van der Waals surface area contributed by atoms with Crippen LogP contribution in [0.15, 0.2) is 0 Å². The molecule has 0 saturated heterocycles. The fourth-order valence-electron chi connectivity index (χ4n) is 4.07. The van der Waals surface area contributed by atoms with Gasteiger partial charge in [0.15, 0.2) is 0 Å². The van der Waals surface area contributed by atoms with Gasteiger partial charge in [-0.15, -0.1) is 0 Å². The van der Waals surface area contributed by atoms with Crippen LogP contribution in [0.1, 0.15) is 64.2 Å². The first-order valence-corrected chi connectivity index (χ1v) is 8.09. The Hall–Kier alpha value is -1.10. The Balaban J connectivity index is 1.86. The van der Waals surface area contributed by atoms with E-state index in [2.05, 4.69) is 5.32 Å². The molecular formula is C16H27NO4. The summed E-state index contributed by atoms with van der Waals surface area (Å²) in [5, 5.41) is 21.6. The van der Waals surface area contributed by atoms with Crippen LogP contribution >= 0.6 is 0 Å². The summed E-state index contributed by atoms with van der Waals surface area (Å²) < 4.78 is 0. The zero-order chi connectivity index (χ0) is 15.3. The third-order valence-corrected chi connectivity index (χ3v) is 5.39. The first kappa shape index (κ1) is 16.3. The Morgan fingerprint density at radius 3 is 1.90 bits per heavy atom. The molecular weight excluding hydrogens is 270 g/mol. The molecule has 5 heteroatoms. The molecule has 21 heavy (non-hydrogen) atoms. The van der Waals surface area contributed by atoms with E-state index >= 15 is 0 Å².